The Morgan fingerprint density at radius 1 is 1.47 bits per heavy atom. The van der Waals surface area contributed by atoms with Gasteiger partial charge < -0.3 is 20.3 Å². The number of ether oxygens (including phenoxy) is 1. The van der Waals surface area contributed by atoms with E-state index in [0.717, 1.165) is 12.8 Å². The van der Waals surface area contributed by atoms with E-state index in [1.807, 2.05) is 0 Å². The highest BCUT2D eigenvalue weighted by Crippen LogP contribution is 2.19. The van der Waals surface area contributed by atoms with Gasteiger partial charge in [-0.1, -0.05) is 13.8 Å². The fourth-order valence-corrected chi connectivity index (χ4v) is 2.08. The minimum Gasteiger partial charge on any atom is -0.479 e. The standard InChI is InChI=1S/C12H23NO4/c1-8(2)5-9(14)6-13-7-10-3-4-11(17-10)12(15)16/h8-11,13-14H,3-7H2,1-2H3,(H,15,16). The van der Waals surface area contributed by atoms with Crippen LogP contribution in [0.1, 0.15) is 33.1 Å². The quantitative estimate of drug-likeness (QED) is 0.612. The van der Waals surface area contributed by atoms with Gasteiger partial charge in [0.05, 0.1) is 12.2 Å². The summed E-state index contributed by atoms with van der Waals surface area (Å²) in [7, 11) is 0. The smallest absolute Gasteiger partial charge is 0.332 e. The molecule has 1 rings (SSSR count). The molecule has 1 aliphatic rings. The van der Waals surface area contributed by atoms with E-state index in [4.69, 9.17) is 9.84 Å². The summed E-state index contributed by atoms with van der Waals surface area (Å²) >= 11 is 0. The molecule has 3 N–H and O–H groups in total. The molecule has 5 heteroatoms. The molecule has 1 aliphatic heterocycles. The van der Waals surface area contributed by atoms with Gasteiger partial charge in [0.25, 0.3) is 0 Å². The predicted molar refractivity (Wildman–Crippen MR) is 63.9 cm³/mol. The molecule has 0 bridgehead atoms. The summed E-state index contributed by atoms with van der Waals surface area (Å²) in [4.78, 5) is 10.7. The Balaban J connectivity index is 2.10. The third-order valence-electron chi connectivity index (χ3n) is 2.88. The number of hydrogen-bond acceptors (Lipinski definition) is 4. The Labute approximate surface area is 102 Å². The Hall–Kier alpha value is -0.650. The van der Waals surface area contributed by atoms with E-state index in [0.29, 0.717) is 25.4 Å². The van der Waals surface area contributed by atoms with Gasteiger partial charge in [0, 0.05) is 13.1 Å². The molecule has 0 aliphatic carbocycles. The summed E-state index contributed by atoms with van der Waals surface area (Å²) in [5.74, 6) is -0.404. The number of carbonyl (C=O) groups is 1. The van der Waals surface area contributed by atoms with Gasteiger partial charge in [-0.05, 0) is 25.2 Å². The molecule has 5 nitrogen and oxygen atoms in total. The van der Waals surface area contributed by atoms with E-state index in [-0.39, 0.29) is 12.2 Å². The summed E-state index contributed by atoms with van der Waals surface area (Å²) in [6, 6.07) is 0. The van der Waals surface area contributed by atoms with Crippen molar-refractivity contribution < 1.29 is 19.7 Å². The molecule has 3 unspecified atom stereocenters. The third-order valence-corrected chi connectivity index (χ3v) is 2.88. The monoisotopic (exact) mass is 245 g/mol. The fraction of sp³-hybridized carbons (Fsp3) is 0.917. The first kappa shape index (κ1) is 14.4. The topological polar surface area (TPSA) is 78.8 Å². The zero-order valence-corrected chi connectivity index (χ0v) is 10.6. The van der Waals surface area contributed by atoms with Crippen molar-refractivity contribution in [2.45, 2.75) is 51.4 Å². The van der Waals surface area contributed by atoms with Crippen LogP contribution in [-0.2, 0) is 9.53 Å². The van der Waals surface area contributed by atoms with Crippen LogP contribution in [0, 0.1) is 5.92 Å². The van der Waals surface area contributed by atoms with Crippen molar-refractivity contribution in [3.63, 3.8) is 0 Å². The third kappa shape index (κ3) is 5.48. The summed E-state index contributed by atoms with van der Waals surface area (Å²) in [6.45, 7) is 5.29. The van der Waals surface area contributed by atoms with E-state index in [2.05, 4.69) is 19.2 Å². The molecule has 1 fully saturated rings. The second kappa shape index (κ2) is 6.93. The van der Waals surface area contributed by atoms with Crippen LogP contribution < -0.4 is 5.32 Å². The van der Waals surface area contributed by atoms with Gasteiger partial charge >= 0.3 is 5.97 Å². The molecule has 0 aromatic rings. The van der Waals surface area contributed by atoms with Gasteiger partial charge in [-0.2, -0.15) is 0 Å². The lowest BCUT2D eigenvalue weighted by atomic mass is 10.1. The summed E-state index contributed by atoms with van der Waals surface area (Å²) in [6.07, 6.45) is 1.09. The van der Waals surface area contributed by atoms with Crippen LogP contribution in [0.3, 0.4) is 0 Å². The zero-order chi connectivity index (χ0) is 12.8. The molecule has 0 radical (unpaired) electrons. The molecule has 0 amide bonds. The van der Waals surface area contributed by atoms with Crippen LogP contribution in [0.15, 0.2) is 0 Å². The average Bonchev–Trinajstić information content (AvgIpc) is 2.65. The lowest BCUT2D eigenvalue weighted by molar-refractivity contribution is -0.149. The largest absolute Gasteiger partial charge is 0.479 e. The summed E-state index contributed by atoms with van der Waals surface area (Å²) < 4.78 is 5.34. The number of carboxylic acid groups (broad SMARTS) is 1. The van der Waals surface area contributed by atoms with Gasteiger partial charge in [0.1, 0.15) is 0 Å². The molecule has 0 spiro atoms. The molecular formula is C12H23NO4. The van der Waals surface area contributed by atoms with Gasteiger partial charge in [-0.25, -0.2) is 4.79 Å². The van der Waals surface area contributed by atoms with Gasteiger partial charge in [-0.15, -0.1) is 0 Å². The molecule has 17 heavy (non-hydrogen) atoms. The van der Waals surface area contributed by atoms with Crippen LogP contribution in [-0.4, -0.2) is 47.6 Å². The van der Waals surface area contributed by atoms with Crippen molar-refractivity contribution in [2.75, 3.05) is 13.1 Å². The number of carboxylic acids is 1. The minimum atomic E-state index is -0.882. The SMILES string of the molecule is CC(C)CC(O)CNCC1CCC(C(=O)O)O1. The van der Waals surface area contributed by atoms with Crippen molar-refractivity contribution in [3.8, 4) is 0 Å². The predicted octanol–water partition coefficient (Wildman–Crippen LogP) is 0.615. The van der Waals surface area contributed by atoms with Crippen molar-refractivity contribution in [2.24, 2.45) is 5.92 Å². The second-order valence-electron chi connectivity index (χ2n) is 5.10. The average molecular weight is 245 g/mol. The lowest BCUT2D eigenvalue weighted by Gasteiger charge is -2.16. The highest BCUT2D eigenvalue weighted by atomic mass is 16.5. The number of aliphatic carboxylic acids is 1. The summed E-state index contributed by atoms with van der Waals surface area (Å²) in [5, 5.41) is 21.5. The Morgan fingerprint density at radius 3 is 2.71 bits per heavy atom. The number of aliphatic hydroxyl groups excluding tert-OH is 1. The number of nitrogens with one attached hydrogen (secondary N) is 1. The van der Waals surface area contributed by atoms with Gasteiger partial charge in [0.15, 0.2) is 6.10 Å². The lowest BCUT2D eigenvalue weighted by Crippen LogP contribution is -2.34. The molecule has 100 valence electrons. The molecule has 0 aromatic heterocycles. The highest BCUT2D eigenvalue weighted by Gasteiger charge is 2.30. The van der Waals surface area contributed by atoms with Gasteiger partial charge in [0.2, 0.25) is 0 Å². The Morgan fingerprint density at radius 2 is 2.18 bits per heavy atom. The molecule has 0 aromatic carbocycles. The zero-order valence-electron chi connectivity index (χ0n) is 10.6. The van der Waals surface area contributed by atoms with Crippen LogP contribution in [0.25, 0.3) is 0 Å². The van der Waals surface area contributed by atoms with Crippen LogP contribution >= 0.6 is 0 Å². The first-order chi connectivity index (χ1) is 7.99. The van der Waals surface area contributed by atoms with E-state index < -0.39 is 12.1 Å². The van der Waals surface area contributed by atoms with Crippen LogP contribution in [0.2, 0.25) is 0 Å². The first-order valence-electron chi connectivity index (χ1n) is 6.26. The molecule has 0 saturated carbocycles. The normalized spacial score (nSPS) is 26.4. The number of hydrogen-bond donors (Lipinski definition) is 3. The number of rotatable bonds is 7. The van der Waals surface area contributed by atoms with Crippen molar-refractivity contribution in [1.82, 2.24) is 5.32 Å². The van der Waals surface area contributed by atoms with E-state index in [9.17, 15) is 9.90 Å². The van der Waals surface area contributed by atoms with E-state index >= 15 is 0 Å². The second-order valence-corrected chi connectivity index (χ2v) is 5.10. The highest BCUT2D eigenvalue weighted by molar-refractivity contribution is 5.72. The Kier molecular flexibility index (Phi) is 5.88. The minimum absolute atomic E-state index is 0.0395. The maximum atomic E-state index is 10.7. The molecule has 3 atom stereocenters. The summed E-state index contributed by atoms with van der Waals surface area (Å²) in [5.41, 5.74) is 0. The van der Waals surface area contributed by atoms with E-state index in [1.165, 1.54) is 0 Å². The Bertz CT molecular complexity index is 245. The molecular weight excluding hydrogens is 222 g/mol. The fourth-order valence-electron chi connectivity index (χ4n) is 2.08. The van der Waals surface area contributed by atoms with Crippen molar-refractivity contribution in [1.29, 1.82) is 0 Å². The van der Waals surface area contributed by atoms with Crippen molar-refractivity contribution >= 4 is 5.97 Å². The molecule has 1 heterocycles. The number of aliphatic hydroxyl groups is 1. The van der Waals surface area contributed by atoms with Crippen LogP contribution in [0.4, 0.5) is 0 Å². The van der Waals surface area contributed by atoms with Crippen LogP contribution in [0.5, 0.6) is 0 Å². The maximum absolute atomic E-state index is 10.7. The van der Waals surface area contributed by atoms with Crippen molar-refractivity contribution in [3.05, 3.63) is 0 Å². The first-order valence-corrected chi connectivity index (χ1v) is 6.26. The maximum Gasteiger partial charge on any atom is 0.332 e. The van der Waals surface area contributed by atoms with Gasteiger partial charge in [-0.3, -0.25) is 0 Å². The van der Waals surface area contributed by atoms with E-state index in [1.54, 1.807) is 0 Å². The molecule has 1 saturated heterocycles.